The van der Waals surface area contributed by atoms with E-state index in [1.54, 1.807) is 23.9 Å². The number of sulfonamides is 1. The fraction of sp³-hybridized carbons (Fsp3) is 0.500. The first-order valence-electron chi connectivity index (χ1n) is 8.94. The zero-order chi connectivity index (χ0) is 21.8. The Labute approximate surface area is 180 Å². The molecule has 160 valence electrons. The van der Waals surface area contributed by atoms with Crippen molar-refractivity contribution in [3.8, 4) is 5.75 Å². The summed E-state index contributed by atoms with van der Waals surface area (Å²) in [6.07, 6.45) is 1.06. The van der Waals surface area contributed by atoms with E-state index in [1.165, 1.54) is 25.4 Å². The molecule has 8 nitrogen and oxygen atoms in total. The molecule has 0 bridgehead atoms. The monoisotopic (exact) mass is 458 g/mol. The number of anilines is 2. The van der Waals surface area contributed by atoms with Gasteiger partial charge < -0.3 is 4.74 Å². The van der Waals surface area contributed by atoms with Crippen molar-refractivity contribution >= 4 is 49.8 Å². The van der Waals surface area contributed by atoms with Crippen LogP contribution in [-0.2, 0) is 14.8 Å². The summed E-state index contributed by atoms with van der Waals surface area (Å²) in [6, 6.07) is 4.15. The summed E-state index contributed by atoms with van der Waals surface area (Å²) in [7, 11) is -2.31. The lowest BCUT2D eigenvalue weighted by Gasteiger charge is -2.29. The number of hydrogen-bond acceptors (Lipinski definition) is 8. The van der Waals surface area contributed by atoms with Gasteiger partial charge in [0.2, 0.25) is 21.1 Å². The Hall–Kier alpha value is -1.85. The van der Waals surface area contributed by atoms with Gasteiger partial charge in [0.25, 0.3) is 0 Å². The number of carbonyl (C=O) groups is 1. The number of aromatic nitrogens is 2. The van der Waals surface area contributed by atoms with Crippen LogP contribution in [0.2, 0.25) is 0 Å². The number of hydrogen-bond donors (Lipinski definition) is 1. The van der Waals surface area contributed by atoms with E-state index >= 15 is 0 Å². The third kappa shape index (κ3) is 6.31. The molecule has 0 saturated carbocycles. The predicted molar refractivity (Wildman–Crippen MR) is 119 cm³/mol. The number of nitrogens with one attached hydrogen (secondary N) is 1. The van der Waals surface area contributed by atoms with Gasteiger partial charge in [-0.2, -0.15) is 0 Å². The van der Waals surface area contributed by atoms with Crippen molar-refractivity contribution in [2.24, 2.45) is 5.92 Å². The maximum atomic E-state index is 12.8. The van der Waals surface area contributed by atoms with Gasteiger partial charge in [-0.05, 0) is 37.5 Å². The van der Waals surface area contributed by atoms with Crippen molar-refractivity contribution in [1.29, 1.82) is 0 Å². The molecule has 1 atom stereocenters. The lowest BCUT2D eigenvalue weighted by Crippen LogP contribution is -2.45. The van der Waals surface area contributed by atoms with Crippen LogP contribution in [0.3, 0.4) is 0 Å². The summed E-state index contributed by atoms with van der Waals surface area (Å²) in [5.74, 6) is 1.27. The summed E-state index contributed by atoms with van der Waals surface area (Å²) < 4.78 is 32.2. The van der Waals surface area contributed by atoms with E-state index in [2.05, 4.69) is 29.4 Å². The summed E-state index contributed by atoms with van der Waals surface area (Å²) in [5, 5.41) is 11.0. The maximum absolute atomic E-state index is 12.8. The fourth-order valence-corrected chi connectivity index (χ4v) is 5.42. The molecule has 2 aromatic rings. The van der Waals surface area contributed by atoms with E-state index < -0.39 is 22.0 Å². The fourth-order valence-electron chi connectivity index (χ4n) is 2.52. The van der Waals surface area contributed by atoms with E-state index in [9.17, 15) is 13.2 Å². The second-order valence-corrected chi connectivity index (χ2v) is 11.1. The molecule has 1 amide bonds. The lowest BCUT2D eigenvalue weighted by molar-refractivity contribution is -0.116. The highest BCUT2D eigenvalue weighted by atomic mass is 32.2. The van der Waals surface area contributed by atoms with Crippen LogP contribution in [0.15, 0.2) is 22.5 Å². The Morgan fingerprint density at radius 1 is 1.31 bits per heavy atom. The smallest absolute Gasteiger partial charge is 0.249 e. The van der Waals surface area contributed by atoms with Crippen LogP contribution in [-0.4, -0.2) is 49.7 Å². The maximum Gasteiger partial charge on any atom is 0.249 e. The second kappa shape index (κ2) is 9.77. The van der Waals surface area contributed by atoms with Crippen molar-refractivity contribution in [2.45, 2.75) is 38.1 Å². The molecule has 0 spiro atoms. The van der Waals surface area contributed by atoms with Crippen molar-refractivity contribution in [1.82, 2.24) is 10.2 Å². The summed E-state index contributed by atoms with van der Waals surface area (Å²) >= 11 is 2.83. The Balaban J connectivity index is 2.25. The van der Waals surface area contributed by atoms with Crippen LogP contribution in [0.25, 0.3) is 0 Å². The van der Waals surface area contributed by atoms with Crippen LogP contribution in [0.4, 0.5) is 10.8 Å². The number of rotatable bonds is 9. The standard InChI is InChI=1S/C18H26N4O4S3/c1-11(2)10-27-18-21-20-17(28-18)19-16(23)13(4)22(29(6,24)25)14-9-12(3)7-8-15(14)26-5/h7-9,11,13H,10H2,1-6H3,(H,19,20,23). The van der Waals surface area contributed by atoms with Crippen LogP contribution < -0.4 is 14.4 Å². The molecule has 0 aliphatic heterocycles. The van der Waals surface area contributed by atoms with Gasteiger partial charge in [0.1, 0.15) is 11.8 Å². The first-order valence-corrected chi connectivity index (χ1v) is 12.6. The molecule has 0 aliphatic rings. The van der Waals surface area contributed by atoms with Crippen molar-refractivity contribution in [3.05, 3.63) is 23.8 Å². The minimum atomic E-state index is -3.76. The minimum absolute atomic E-state index is 0.308. The third-order valence-corrected chi connectivity index (χ3v) is 7.46. The molecule has 0 aliphatic carbocycles. The van der Waals surface area contributed by atoms with Gasteiger partial charge in [0, 0.05) is 5.75 Å². The molecule has 1 heterocycles. The Morgan fingerprint density at radius 3 is 2.59 bits per heavy atom. The molecule has 29 heavy (non-hydrogen) atoms. The van der Waals surface area contributed by atoms with Gasteiger partial charge in [-0.3, -0.25) is 14.4 Å². The molecule has 1 unspecified atom stereocenters. The molecule has 0 fully saturated rings. The number of amides is 1. The predicted octanol–water partition coefficient (Wildman–Crippen LogP) is 3.40. The average molecular weight is 459 g/mol. The first kappa shape index (κ1) is 23.4. The van der Waals surface area contributed by atoms with Gasteiger partial charge in [-0.25, -0.2) is 8.42 Å². The van der Waals surface area contributed by atoms with E-state index in [1.807, 2.05) is 13.0 Å². The zero-order valence-electron chi connectivity index (χ0n) is 17.3. The number of aryl methyl sites for hydroxylation is 1. The molecular weight excluding hydrogens is 432 g/mol. The normalized spacial score (nSPS) is 12.7. The highest BCUT2D eigenvalue weighted by Gasteiger charge is 2.32. The highest BCUT2D eigenvalue weighted by molar-refractivity contribution is 8.01. The molecule has 1 aromatic heterocycles. The zero-order valence-corrected chi connectivity index (χ0v) is 19.7. The number of carbonyl (C=O) groups excluding carboxylic acids is 1. The van der Waals surface area contributed by atoms with Gasteiger partial charge in [-0.1, -0.05) is 43.0 Å². The third-order valence-electron chi connectivity index (χ3n) is 3.84. The Bertz CT molecular complexity index is 960. The van der Waals surface area contributed by atoms with Gasteiger partial charge >= 0.3 is 0 Å². The minimum Gasteiger partial charge on any atom is -0.495 e. The Morgan fingerprint density at radius 2 is 2.00 bits per heavy atom. The van der Waals surface area contributed by atoms with E-state index in [0.29, 0.717) is 22.5 Å². The van der Waals surface area contributed by atoms with Gasteiger partial charge in [-0.15, -0.1) is 10.2 Å². The number of ether oxygens (including phenoxy) is 1. The first-order chi connectivity index (χ1) is 13.5. The van der Waals surface area contributed by atoms with Gasteiger partial charge in [0.05, 0.1) is 19.1 Å². The molecule has 11 heteroatoms. The molecule has 0 radical (unpaired) electrons. The number of benzene rings is 1. The summed E-state index contributed by atoms with van der Waals surface area (Å²) in [6.45, 7) is 7.58. The van der Waals surface area contributed by atoms with E-state index in [0.717, 1.165) is 26.2 Å². The summed E-state index contributed by atoms with van der Waals surface area (Å²) in [5.41, 5.74) is 1.15. The van der Waals surface area contributed by atoms with Gasteiger partial charge in [0.15, 0.2) is 4.34 Å². The number of thioether (sulfide) groups is 1. The van der Waals surface area contributed by atoms with Crippen molar-refractivity contribution < 1.29 is 17.9 Å². The van der Waals surface area contributed by atoms with Crippen molar-refractivity contribution in [2.75, 3.05) is 28.7 Å². The lowest BCUT2D eigenvalue weighted by atomic mass is 10.2. The topological polar surface area (TPSA) is 101 Å². The highest BCUT2D eigenvalue weighted by Crippen LogP contribution is 2.33. The largest absolute Gasteiger partial charge is 0.495 e. The molecule has 1 aromatic carbocycles. The van der Waals surface area contributed by atoms with Crippen LogP contribution >= 0.6 is 23.1 Å². The van der Waals surface area contributed by atoms with Crippen LogP contribution in [0.1, 0.15) is 26.3 Å². The van der Waals surface area contributed by atoms with Crippen molar-refractivity contribution in [3.63, 3.8) is 0 Å². The van der Waals surface area contributed by atoms with E-state index in [-0.39, 0.29) is 0 Å². The number of nitrogens with zero attached hydrogens (tertiary/aromatic N) is 3. The SMILES string of the molecule is COc1ccc(C)cc1N(C(C)C(=O)Nc1nnc(SCC(C)C)s1)S(C)(=O)=O. The van der Waals surface area contributed by atoms with Crippen LogP contribution in [0, 0.1) is 12.8 Å². The molecule has 2 rings (SSSR count). The molecular formula is C18H26N4O4S3. The molecule has 0 saturated heterocycles. The summed E-state index contributed by atoms with van der Waals surface area (Å²) in [4.78, 5) is 12.8. The average Bonchev–Trinajstić information content (AvgIpc) is 3.06. The van der Waals surface area contributed by atoms with Crippen LogP contribution in [0.5, 0.6) is 5.75 Å². The second-order valence-electron chi connectivity index (χ2n) is 6.98. The van der Waals surface area contributed by atoms with E-state index in [4.69, 9.17) is 4.74 Å². The Kier molecular flexibility index (Phi) is 7.89. The number of methoxy groups -OCH3 is 1. The molecule has 1 N–H and O–H groups in total. The quantitative estimate of drug-likeness (QED) is 0.454.